The molecular formula is C25H22F2N4O2S. The van der Waals surface area contributed by atoms with Gasteiger partial charge in [-0.25, -0.2) is 8.78 Å². The van der Waals surface area contributed by atoms with Crippen LogP contribution in [-0.4, -0.2) is 34.5 Å². The number of fused-ring (bicyclic) bond motifs is 1. The lowest BCUT2D eigenvalue weighted by molar-refractivity contribution is 0.0720. The van der Waals surface area contributed by atoms with E-state index in [2.05, 4.69) is 5.32 Å². The minimum atomic E-state index is -0.780. The Kier molecular flexibility index (Phi) is 5.89. The van der Waals surface area contributed by atoms with Gasteiger partial charge in [0.2, 0.25) is 0 Å². The van der Waals surface area contributed by atoms with Gasteiger partial charge in [0.1, 0.15) is 21.3 Å². The van der Waals surface area contributed by atoms with Gasteiger partial charge in [0.25, 0.3) is 11.5 Å². The summed E-state index contributed by atoms with van der Waals surface area (Å²) in [6.45, 7) is 1.04. The summed E-state index contributed by atoms with van der Waals surface area (Å²) in [5, 5.41) is 3.59. The number of piperidine rings is 1. The van der Waals surface area contributed by atoms with Crippen LogP contribution in [0.3, 0.4) is 0 Å². The number of rotatable bonds is 4. The van der Waals surface area contributed by atoms with Crippen molar-refractivity contribution in [2.24, 2.45) is 5.73 Å². The first kappa shape index (κ1) is 22.2. The molecule has 174 valence electrons. The number of hydrogen-bond acceptors (Lipinski definition) is 5. The van der Waals surface area contributed by atoms with Crippen molar-refractivity contribution >= 4 is 38.8 Å². The number of pyridine rings is 1. The van der Waals surface area contributed by atoms with Gasteiger partial charge in [-0.3, -0.25) is 14.2 Å². The minimum Gasteiger partial charge on any atom is -0.351 e. The maximum atomic E-state index is 14.5. The van der Waals surface area contributed by atoms with Crippen molar-refractivity contribution in [2.45, 2.75) is 18.9 Å². The molecule has 1 fully saturated rings. The van der Waals surface area contributed by atoms with Gasteiger partial charge in [-0.05, 0) is 43.2 Å². The number of nitrogens with two attached hydrogens (primary N) is 1. The van der Waals surface area contributed by atoms with E-state index in [1.165, 1.54) is 28.0 Å². The van der Waals surface area contributed by atoms with Crippen molar-refractivity contribution in [3.05, 3.63) is 87.5 Å². The zero-order valence-corrected chi connectivity index (χ0v) is 18.9. The molecule has 1 aliphatic heterocycles. The van der Waals surface area contributed by atoms with E-state index in [1.54, 1.807) is 23.1 Å². The molecule has 1 amide bonds. The zero-order chi connectivity index (χ0) is 23.8. The average Bonchev–Trinajstić information content (AvgIpc) is 3.19. The molecule has 0 radical (unpaired) electrons. The van der Waals surface area contributed by atoms with E-state index in [4.69, 9.17) is 5.73 Å². The van der Waals surface area contributed by atoms with Crippen molar-refractivity contribution in [3.63, 3.8) is 0 Å². The highest BCUT2D eigenvalue weighted by atomic mass is 32.1. The summed E-state index contributed by atoms with van der Waals surface area (Å²) in [6, 6.07) is 15.4. The second kappa shape index (κ2) is 9.00. The normalized spacial score (nSPS) is 14.5. The van der Waals surface area contributed by atoms with E-state index in [0.29, 0.717) is 52.4 Å². The number of nitrogens with one attached hydrogen (secondary N) is 1. The van der Waals surface area contributed by atoms with Crippen LogP contribution in [0.25, 0.3) is 15.9 Å². The van der Waals surface area contributed by atoms with Gasteiger partial charge < -0.3 is 16.0 Å². The number of para-hydroxylation sites is 1. The van der Waals surface area contributed by atoms with Gasteiger partial charge in [0, 0.05) is 36.7 Å². The molecule has 2 aromatic heterocycles. The summed E-state index contributed by atoms with van der Waals surface area (Å²) in [4.78, 5) is 29.1. The van der Waals surface area contributed by atoms with Crippen LogP contribution in [0.1, 0.15) is 22.5 Å². The Morgan fingerprint density at radius 1 is 1.03 bits per heavy atom. The number of carbonyl (C=O) groups excluding carboxylic acids is 1. The lowest BCUT2D eigenvalue weighted by atomic mass is 10.1. The first-order chi connectivity index (χ1) is 16.4. The van der Waals surface area contributed by atoms with E-state index < -0.39 is 11.6 Å². The Balaban J connectivity index is 1.69. The molecular weight excluding hydrogens is 458 g/mol. The van der Waals surface area contributed by atoms with Crippen molar-refractivity contribution < 1.29 is 13.6 Å². The molecule has 34 heavy (non-hydrogen) atoms. The highest BCUT2D eigenvalue weighted by molar-refractivity contribution is 7.21. The predicted octanol–water partition coefficient (Wildman–Crippen LogP) is 4.64. The van der Waals surface area contributed by atoms with Crippen molar-refractivity contribution in [2.75, 3.05) is 18.4 Å². The van der Waals surface area contributed by atoms with Crippen LogP contribution >= 0.6 is 11.3 Å². The highest BCUT2D eigenvalue weighted by Crippen LogP contribution is 2.39. The van der Waals surface area contributed by atoms with Crippen LogP contribution in [0.15, 0.2) is 65.5 Å². The summed E-state index contributed by atoms with van der Waals surface area (Å²) >= 11 is 1.17. The quantitative estimate of drug-likeness (QED) is 0.446. The average molecular weight is 481 g/mol. The molecule has 5 rings (SSSR count). The SMILES string of the molecule is NC1CCN(C(=O)c2sc3c(ccc(=O)n3-c3ccccc3)c2Nc2ccc(F)cc2F)CC1. The number of amides is 1. The molecule has 0 saturated carbocycles. The Bertz CT molecular complexity index is 1430. The molecule has 0 atom stereocenters. The zero-order valence-electron chi connectivity index (χ0n) is 18.1. The molecule has 1 saturated heterocycles. The van der Waals surface area contributed by atoms with Gasteiger partial charge in [-0.15, -0.1) is 11.3 Å². The monoisotopic (exact) mass is 480 g/mol. The lowest BCUT2D eigenvalue weighted by Gasteiger charge is -2.30. The predicted molar refractivity (Wildman–Crippen MR) is 130 cm³/mol. The van der Waals surface area contributed by atoms with Crippen molar-refractivity contribution in [1.29, 1.82) is 0 Å². The fourth-order valence-electron chi connectivity index (χ4n) is 4.15. The number of likely N-dealkylation sites (tertiary alicyclic amines) is 1. The second-order valence-electron chi connectivity index (χ2n) is 8.25. The Morgan fingerprint density at radius 2 is 1.76 bits per heavy atom. The van der Waals surface area contributed by atoms with Crippen LogP contribution in [0.4, 0.5) is 20.2 Å². The molecule has 1 aliphatic rings. The third-order valence-corrected chi connectivity index (χ3v) is 7.15. The maximum absolute atomic E-state index is 14.5. The Labute approximate surface area is 198 Å². The number of aromatic nitrogens is 1. The molecule has 0 aliphatic carbocycles. The topological polar surface area (TPSA) is 80.4 Å². The molecule has 3 heterocycles. The molecule has 2 aromatic carbocycles. The molecule has 6 nitrogen and oxygen atoms in total. The number of anilines is 2. The van der Waals surface area contributed by atoms with E-state index in [1.807, 2.05) is 18.2 Å². The van der Waals surface area contributed by atoms with Gasteiger partial charge in [0.05, 0.1) is 17.1 Å². The summed E-state index contributed by atoms with van der Waals surface area (Å²) in [6.07, 6.45) is 1.39. The van der Waals surface area contributed by atoms with Gasteiger partial charge >= 0.3 is 0 Å². The largest absolute Gasteiger partial charge is 0.351 e. The summed E-state index contributed by atoms with van der Waals surface area (Å²) in [5.41, 5.74) is 6.83. The third kappa shape index (κ3) is 4.08. The Hall–Kier alpha value is -3.56. The van der Waals surface area contributed by atoms with E-state index in [9.17, 15) is 18.4 Å². The fourth-order valence-corrected chi connectivity index (χ4v) is 5.39. The van der Waals surface area contributed by atoms with Crippen molar-refractivity contribution in [3.8, 4) is 5.69 Å². The maximum Gasteiger partial charge on any atom is 0.266 e. The first-order valence-corrected chi connectivity index (χ1v) is 11.7. The van der Waals surface area contributed by atoms with Crippen LogP contribution in [-0.2, 0) is 0 Å². The lowest BCUT2D eigenvalue weighted by Crippen LogP contribution is -2.42. The number of thiophene rings is 1. The number of nitrogens with zero attached hydrogens (tertiary/aromatic N) is 2. The van der Waals surface area contributed by atoms with Crippen LogP contribution in [0.2, 0.25) is 0 Å². The third-order valence-electron chi connectivity index (χ3n) is 5.97. The Morgan fingerprint density at radius 3 is 2.47 bits per heavy atom. The van der Waals surface area contributed by atoms with Crippen LogP contribution in [0, 0.1) is 11.6 Å². The molecule has 4 aromatic rings. The second-order valence-corrected chi connectivity index (χ2v) is 9.25. The van der Waals surface area contributed by atoms with Crippen LogP contribution in [0.5, 0.6) is 0 Å². The first-order valence-electron chi connectivity index (χ1n) is 10.9. The number of hydrogen-bond donors (Lipinski definition) is 2. The number of halogens is 2. The molecule has 0 spiro atoms. The minimum absolute atomic E-state index is 0.0354. The van der Waals surface area contributed by atoms with Gasteiger partial charge in [-0.2, -0.15) is 0 Å². The summed E-state index contributed by atoms with van der Waals surface area (Å²) in [7, 11) is 0. The summed E-state index contributed by atoms with van der Waals surface area (Å²) in [5.74, 6) is -1.69. The van der Waals surface area contributed by atoms with Crippen molar-refractivity contribution in [1.82, 2.24) is 9.47 Å². The highest BCUT2D eigenvalue weighted by Gasteiger charge is 2.28. The van der Waals surface area contributed by atoms with E-state index in [0.717, 1.165) is 12.1 Å². The van der Waals surface area contributed by atoms with E-state index >= 15 is 0 Å². The summed E-state index contributed by atoms with van der Waals surface area (Å²) < 4.78 is 29.5. The molecule has 9 heteroatoms. The number of benzene rings is 2. The smallest absolute Gasteiger partial charge is 0.266 e. The molecule has 0 unspecified atom stereocenters. The van der Waals surface area contributed by atoms with Crippen LogP contribution < -0.4 is 16.6 Å². The standard InChI is InChI=1S/C25H22F2N4O2S/c26-15-6-8-20(19(27)14-15)29-22-18-7-9-21(32)31(17-4-2-1-3-5-17)25(18)34-23(22)24(33)30-12-10-16(28)11-13-30/h1-9,14,16,29H,10-13,28H2. The molecule has 0 bridgehead atoms. The van der Waals surface area contributed by atoms with Gasteiger partial charge in [0.15, 0.2) is 0 Å². The van der Waals surface area contributed by atoms with Gasteiger partial charge in [-0.1, -0.05) is 18.2 Å². The molecule has 3 N–H and O–H groups in total. The number of carbonyl (C=O) groups is 1. The van der Waals surface area contributed by atoms with E-state index in [-0.39, 0.29) is 23.2 Å². The fraction of sp³-hybridized carbons (Fsp3) is 0.200.